The lowest BCUT2D eigenvalue weighted by molar-refractivity contribution is -0.175. The molecule has 2 N–H and O–H groups in total. The Labute approximate surface area is 290 Å². The summed E-state index contributed by atoms with van der Waals surface area (Å²) >= 11 is 0. The van der Waals surface area contributed by atoms with Crippen LogP contribution in [0.3, 0.4) is 0 Å². The fraction of sp³-hybridized carbons (Fsp3) is 0.568. The number of terminal acetylenes is 1. The van der Waals surface area contributed by atoms with Crippen molar-refractivity contribution in [1.29, 1.82) is 0 Å². The van der Waals surface area contributed by atoms with Gasteiger partial charge >= 0.3 is 24.0 Å². The highest BCUT2D eigenvalue weighted by atomic mass is 19.1. The molecule has 3 atom stereocenters. The van der Waals surface area contributed by atoms with Gasteiger partial charge in [-0.05, 0) is 62.1 Å². The second-order valence-corrected chi connectivity index (χ2v) is 14.9. The molecule has 1 unspecified atom stereocenters. The average molecular weight is 690 g/mol. The number of halogens is 1. The van der Waals surface area contributed by atoms with Gasteiger partial charge < -0.3 is 29.2 Å². The summed E-state index contributed by atoms with van der Waals surface area (Å²) in [6.45, 7) is 8.32. The maximum absolute atomic E-state index is 14.3. The Morgan fingerprint density at radius 2 is 1.88 bits per heavy atom. The van der Waals surface area contributed by atoms with Crippen LogP contribution in [0.4, 0.5) is 10.2 Å². The van der Waals surface area contributed by atoms with Gasteiger partial charge in [-0.1, -0.05) is 45.1 Å². The number of aryl methyl sites for hydroxylation is 2. The van der Waals surface area contributed by atoms with Gasteiger partial charge in [0.2, 0.25) is 5.60 Å². The Bertz CT molecular complexity index is 1870. The zero-order valence-electron chi connectivity index (χ0n) is 29.2. The van der Waals surface area contributed by atoms with Crippen LogP contribution in [0.5, 0.6) is 5.75 Å². The Morgan fingerprint density at radius 3 is 2.56 bits per heavy atom. The van der Waals surface area contributed by atoms with Gasteiger partial charge in [0.1, 0.15) is 23.9 Å². The highest BCUT2D eigenvalue weighted by Gasteiger charge is 2.56. The van der Waals surface area contributed by atoms with Gasteiger partial charge in [0.05, 0.1) is 25.3 Å². The van der Waals surface area contributed by atoms with Crippen LogP contribution in [0, 0.1) is 43.6 Å². The van der Waals surface area contributed by atoms with E-state index in [1.54, 1.807) is 6.07 Å². The molecule has 3 fully saturated rings. The number of rotatable bonds is 9. The summed E-state index contributed by atoms with van der Waals surface area (Å²) in [5, 5.41) is 0. The van der Waals surface area contributed by atoms with Crippen LogP contribution >= 0.6 is 0 Å². The first kappa shape index (κ1) is 35.3. The van der Waals surface area contributed by atoms with Gasteiger partial charge in [0, 0.05) is 17.9 Å². The molecule has 2 saturated carbocycles. The molecule has 0 bridgehead atoms. The Hall–Kier alpha value is -4.57. The second-order valence-electron chi connectivity index (χ2n) is 14.9. The fourth-order valence-corrected chi connectivity index (χ4v) is 8.36. The third-order valence-corrected chi connectivity index (χ3v) is 10.6. The van der Waals surface area contributed by atoms with Crippen molar-refractivity contribution in [3.63, 3.8) is 0 Å². The van der Waals surface area contributed by atoms with Crippen LogP contribution in [0.25, 0.3) is 11.2 Å². The number of imidazole rings is 1. The third-order valence-electron chi connectivity index (χ3n) is 10.6. The Balaban J connectivity index is 1.25. The van der Waals surface area contributed by atoms with E-state index in [2.05, 4.69) is 20.9 Å². The number of nitrogen functional groups attached to an aromatic ring is 1. The number of carbonyl (C=O) groups excluding carboxylic acids is 3. The van der Waals surface area contributed by atoms with Gasteiger partial charge in [-0.2, -0.15) is 14.4 Å². The molecule has 50 heavy (non-hydrogen) atoms. The summed E-state index contributed by atoms with van der Waals surface area (Å²) in [4.78, 5) is 50.9. The fourth-order valence-electron chi connectivity index (χ4n) is 8.36. The van der Waals surface area contributed by atoms with E-state index in [0.717, 1.165) is 49.7 Å². The highest BCUT2D eigenvalue weighted by Crippen LogP contribution is 2.55. The molecule has 3 heterocycles. The lowest BCUT2D eigenvalue weighted by Crippen LogP contribution is -2.50. The van der Waals surface area contributed by atoms with Gasteiger partial charge in [-0.25, -0.2) is 4.98 Å². The zero-order valence-corrected chi connectivity index (χ0v) is 29.2. The highest BCUT2D eigenvalue weighted by molar-refractivity contribution is 5.81. The van der Waals surface area contributed by atoms with Crippen LogP contribution in [-0.4, -0.2) is 62.3 Å². The number of aromatic nitrogens is 4. The summed E-state index contributed by atoms with van der Waals surface area (Å²) in [7, 11) is 0. The van der Waals surface area contributed by atoms with Crippen LogP contribution < -0.4 is 10.5 Å². The molecule has 2 aliphatic carbocycles. The molecule has 266 valence electrons. The number of nitrogens with zero attached hydrogens (tertiary/aromatic N) is 4. The van der Waals surface area contributed by atoms with Crippen molar-refractivity contribution in [2.75, 3.05) is 18.9 Å². The van der Waals surface area contributed by atoms with Gasteiger partial charge in [-0.3, -0.25) is 14.4 Å². The van der Waals surface area contributed by atoms with E-state index in [-0.39, 0.29) is 41.3 Å². The predicted octanol–water partition coefficient (Wildman–Crippen LogP) is 5.22. The predicted molar refractivity (Wildman–Crippen MR) is 180 cm³/mol. The van der Waals surface area contributed by atoms with Gasteiger partial charge in [0.25, 0.3) is 0 Å². The number of benzene rings is 1. The van der Waals surface area contributed by atoms with E-state index in [9.17, 15) is 18.8 Å². The van der Waals surface area contributed by atoms with E-state index < -0.39 is 53.8 Å². The molecule has 1 spiro atoms. The van der Waals surface area contributed by atoms with E-state index in [1.165, 1.54) is 24.2 Å². The minimum Gasteiger partial charge on any atom is -0.461 e. The lowest BCUT2D eigenvalue weighted by atomic mass is 9.56. The molecule has 12 nitrogen and oxygen atoms in total. The van der Waals surface area contributed by atoms with E-state index in [1.807, 2.05) is 33.8 Å². The molecule has 1 saturated heterocycles. The number of hydrogen-bond donors (Lipinski definition) is 1. The van der Waals surface area contributed by atoms with Crippen LogP contribution in [0.2, 0.25) is 0 Å². The summed E-state index contributed by atoms with van der Waals surface area (Å²) < 4.78 is 39.6. The van der Waals surface area contributed by atoms with Crippen LogP contribution in [0.1, 0.15) is 94.9 Å². The van der Waals surface area contributed by atoms with Crippen LogP contribution in [0.15, 0.2) is 18.5 Å². The smallest absolute Gasteiger partial charge is 0.312 e. The number of carbonyl (C=O) groups is 3. The number of nitrogens with two attached hydrogens (primary N) is 1. The summed E-state index contributed by atoms with van der Waals surface area (Å²) in [6.07, 6.45) is 12.5. The molecule has 6 rings (SSSR count). The zero-order chi connectivity index (χ0) is 36.0. The summed E-state index contributed by atoms with van der Waals surface area (Å²) in [5.74, 6) is 1.08. The summed E-state index contributed by atoms with van der Waals surface area (Å²) in [6, 6.07) is 2.92. The molecule has 13 heteroatoms. The van der Waals surface area contributed by atoms with Crippen LogP contribution in [-0.2, 0) is 34.0 Å². The molecular weight excluding hydrogens is 645 g/mol. The quantitative estimate of drug-likeness (QED) is 0.136. The maximum Gasteiger partial charge on any atom is 0.312 e. The molecule has 2 aromatic heterocycles. The van der Waals surface area contributed by atoms with Crippen molar-refractivity contribution in [3.05, 3.63) is 41.2 Å². The molecule has 3 aromatic rings. The lowest BCUT2D eigenvalue weighted by Gasteiger charge is -2.49. The maximum atomic E-state index is 14.3. The third kappa shape index (κ3) is 6.65. The molecule has 1 aromatic carbocycles. The number of esters is 3. The number of hydrogen-bond acceptors (Lipinski definition) is 11. The first-order chi connectivity index (χ1) is 23.7. The number of ether oxygens (including phenoxy) is 4. The largest absolute Gasteiger partial charge is 0.461 e. The van der Waals surface area contributed by atoms with Crippen molar-refractivity contribution >= 4 is 34.9 Å². The van der Waals surface area contributed by atoms with Crippen molar-refractivity contribution in [1.82, 2.24) is 19.5 Å². The minimum absolute atomic E-state index is 0.0783. The molecular formula is C37H44FN5O7. The average Bonchev–Trinajstić information content (AvgIpc) is 3.59. The minimum atomic E-state index is -1.68. The molecule has 1 aliphatic heterocycles. The molecule has 3 aliphatic rings. The SMILES string of the molecule is C#C[C@]1(COC(=O)CC(C)(C)c2c(C)cc(C)cc2OC(C)=O)OCC(n2cnc3c(N)nc(F)nc32)[C@@H]1OC(=O)C1CC2(CCCCC2)C1. The Kier molecular flexibility index (Phi) is 9.37. The van der Waals surface area contributed by atoms with Gasteiger partial charge in [0.15, 0.2) is 17.6 Å². The van der Waals surface area contributed by atoms with E-state index in [4.69, 9.17) is 31.1 Å². The van der Waals surface area contributed by atoms with Crippen molar-refractivity contribution in [2.45, 2.75) is 109 Å². The first-order valence-corrected chi connectivity index (χ1v) is 17.1. The van der Waals surface area contributed by atoms with Crippen molar-refractivity contribution < 1.29 is 37.7 Å². The van der Waals surface area contributed by atoms with Crippen molar-refractivity contribution in [2.24, 2.45) is 11.3 Å². The molecule has 0 radical (unpaired) electrons. The molecule has 0 amide bonds. The second kappa shape index (κ2) is 13.3. The first-order valence-electron chi connectivity index (χ1n) is 17.1. The summed E-state index contributed by atoms with van der Waals surface area (Å²) in [5.41, 5.74) is 6.32. The topological polar surface area (TPSA) is 158 Å². The van der Waals surface area contributed by atoms with E-state index >= 15 is 0 Å². The number of fused-ring (bicyclic) bond motifs is 1. The monoisotopic (exact) mass is 689 g/mol. The normalized spacial score (nSPS) is 23.3. The van der Waals surface area contributed by atoms with E-state index in [0.29, 0.717) is 11.3 Å². The Morgan fingerprint density at radius 1 is 1.16 bits per heavy atom. The standard InChI is InChI=1S/C37H44FN5O7/c1-7-37(19-47-27(45)17-35(5,6)28-22(3)13-21(2)14-26(28)49-23(4)44)30(50-33(46)24-15-36(16-24)11-9-8-10-12-36)25(18-48-37)43-20-40-29-31(39)41-34(38)42-32(29)43/h1,13-14,20,24-25,30H,8-12,15-19H2,2-6H3,(H2,39,41,42)/t25?,30-,37+/m0/s1. The number of anilines is 1. The van der Waals surface area contributed by atoms with Gasteiger partial charge in [-0.15, -0.1) is 6.42 Å². The van der Waals surface area contributed by atoms with Crippen molar-refractivity contribution in [3.8, 4) is 18.1 Å².